The number of nitrogens with zero attached hydrogens (tertiary/aromatic N) is 2. The van der Waals surface area contributed by atoms with Crippen LogP contribution in [0.5, 0.6) is 0 Å². The van der Waals surface area contributed by atoms with E-state index in [-0.39, 0.29) is 5.91 Å². The van der Waals surface area contributed by atoms with Crippen LogP contribution in [0.25, 0.3) is 0 Å². The highest BCUT2D eigenvalue weighted by Gasteiger charge is 2.06. The molecule has 0 saturated carbocycles. The van der Waals surface area contributed by atoms with Crippen LogP contribution in [0.4, 0.5) is 0 Å². The van der Waals surface area contributed by atoms with Crippen molar-refractivity contribution in [3.05, 3.63) is 16.6 Å². The van der Waals surface area contributed by atoms with Crippen molar-refractivity contribution in [1.29, 1.82) is 0 Å². The molecule has 3 nitrogen and oxygen atoms in total. The zero-order valence-corrected chi connectivity index (χ0v) is 8.39. The summed E-state index contributed by atoms with van der Waals surface area (Å²) in [7, 11) is 1.71. The number of rotatable bonds is 2. The fourth-order valence-electron chi connectivity index (χ4n) is 0.833. The van der Waals surface area contributed by atoms with Gasteiger partial charge in [0, 0.05) is 12.4 Å². The number of hydrogen-bond acceptors (Lipinski definition) is 3. The van der Waals surface area contributed by atoms with E-state index in [9.17, 15) is 4.79 Å². The fourth-order valence-corrected chi connectivity index (χ4v) is 1.38. The van der Waals surface area contributed by atoms with Gasteiger partial charge in [0.25, 0.3) is 5.91 Å². The first-order chi connectivity index (χ1) is 6.24. The maximum Gasteiger partial charge on any atom is 0.298 e. The minimum absolute atomic E-state index is 0.171. The maximum absolute atomic E-state index is 11.2. The average molecular weight is 194 g/mol. The van der Waals surface area contributed by atoms with E-state index < -0.39 is 0 Å². The average Bonchev–Trinajstić information content (AvgIpc) is 2.57. The number of aromatic nitrogens is 1. The van der Waals surface area contributed by atoms with Crippen molar-refractivity contribution in [2.75, 3.05) is 7.05 Å². The third-order valence-corrected chi connectivity index (χ3v) is 2.10. The predicted octanol–water partition coefficient (Wildman–Crippen LogP) is 1.12. The van der Waals surface area contributed by atoms with Crippen LogP contribution in [0, 0.1) is 11.8 Å². The SMILES string of the molecule is CC#CC(=O)N(C)Cc1cscn1. The molecule has 1 rings (SSSR count). The Bertz CT molecular complexity index is 334. The highest BCUT2D eigenvalue weighted by molar-refractivity contribution is 7.07. The van der Waals surface area contributed by atoms with Gasteiger partial charge in [-0.25, -0.2) is 4.98 Å². The van der Waals surface area contributed by atoms with E-state index in [1.165, 1.54) is 11.3 Å². The zero-order chi connectivity index (χ0) is 9.68. The molecule has 1 heterocycles. The van der Waals surface area contributed by atoms with Gasteiger partial charge in [-0.3, -0.25) is 4.79 Å². The lowest BCUT2D eigenvalue weighted by atomic mass is 10.4. The summed E-state index contributed by atoms with van der Waals surface area (Å²) in [6.45, 7) is 2.17. The predicted molar refractivity (Wildman–Crippen MR) is 52.0 cm³/mol. The lowest BCUT2D eigenvalue weighted by Gasteiger charge is -2.11. The van der Waals surface area contributed by atoms with Crippen molar-refractivity contribution in [2.45, 2.75) is 13.5 Å². The highest BCUT2D eigenvalue weighted by Crippen LogP contribution is 2.03. The van der Waals surface area contributed by atoms with Crippen LogP contribution in [0.15, 0.2) is 10.9 Å². The summed E-state index contributed by atoms with van der Waals surface area (Å²) in [5.74, 6) is 4.87. The summed E-state index contributed by atoms with van der Waals surface area (Å²) in [5.41, 5.74) is 2.65. The largest absolute Gasteiger partial charge is 0.329 e. The molecule has 0 N–H and O–H groups in total. The van der Waals surface area contributed by atoms with E-state index in [1.807, 2.05) is 5.38 Å². The molecule has 4 heteroatoms. The molecule has 1 aromatic rings. The Morgan fingerprint density at radius 1 is 1.77 bits per heavy atom. The van der Waals surface area contributed by atoms with E-state index in [4.69, 9.17) is 0 Å². The minimum Gasteiger partial charge on any atom is -0.329 e. The van der Waals surface area contributed by atoms with Gasteiger partial charge in [0.05, 0.1) is 17.7 Å². The second-order valence-corrected chi connectivity index (χ2v) is 3.23. The third-order valence-electron chi connectivity index (χ3n) is 1.46. The Hall–Kier alpha value is -1.34. The first kappa shape index (κ1) is 9.75. The van der Waals surface area contributed by atoms with Gasteiger partial charge in [0.15, 0.2) is 0 Å². The van der Waals surface area contributed by atoms with E-state index in [2.05, 4.69) is 16.8 Å². The molecular weight excluding hydrogens is 184 g/mol. The molecule has 0 atom stereocenters. The topological polar surface area (TPSA) is 33.2 Å². The highest BCUT2D eigenvalue weighted by atomic mass is 32.1. The Kier molecular flexibility index (Phi) is 3.47. The summed E-state index contributed by atoms with van der Waals surface area (Å²) in [6, 6.07) is 0. The van der Waals surface area contributed by atoms with Crippen LogP contribution >= 0.6 is 11.3 Å². The molecule has 0 aromatic carbocycles. The van der Waals surface area contributed by atoms with Crippen molar-refractivity contribution in [3.8, 4) is 11.8 Å². The van der Waals surface area contributed by atoms with Gasteiger partial charge in [-0.05, 0) is 12.8 Å². The van der Waals surface area contributed by atoms with Gasteiger partial charge in [-0.15, -0.1) is 11.3 Å². The summed E-state index contributed by atoms with van der Waals surface area (Å²) in [5, 5.41) is 1.92. The number of carbonyl (C=O) groups is 1. The van der Waals surface area contributed by atoms with Crippen molar-refractivity contribution in [3.63, 3.8) is 0 Å². The van der Waals surface area contributed by atoms with Gasteiger partial charge < -0.3 is 4.90 Å². The zero-order valence-electron chi connectivity index (χ0n) is 7.57. The van der Waals surface area contributed by atoms with Gasteiger partial charge in [0.2, 0.25) is 0 Å². The summed E-state index contributed by atoms with van der Waals surface area (Å²) in [4.78, 5) is 16.8. The molecule has 0 aliphatic rings. The first-order valence-corrected chi connectivity index (χ1v) is 4.73. The third kappa shape index (κ3) is 2.88. The molecule has 0 radical (unpaired) electrons. The van der Waals surface area contributed by atoms with Gasteiger partial charge in [-0.1, -0.05) is 5.92 Å². The Morgan fingerprint density at radius 3 is 3.08 bits per heavy atom. The normalized spacial score (nSPS) is 8.77. The van der Waals surface area contributed by atoms with E-state index in [1.54, 1.807) is 24.4 Å². The molecule has 0 fully saturated rings. The molecule has 1 aromatic heterocycles. The number of thiazole rings is 1. The number of hydrogen-bond donors (Lipinski definition) is 0. The van der Waals surface area contributed by atoms with Crippen molar-refractivity contribution >= 4 is 17.2 Å². The minimum atomic E-state index is -0.171. The van der Waals surface area contributed by atoms with Crippen LogP contribution in [0.2, 0.25) is 0 Å². The number of amides is 1. The van der Waals surface area contributed by atoms with Crippen molar-refractivity contribution < 1.29 is 4.79 Å². The van der Waals surface area contributed by atoms with Gasteiger partial charge >= 0.3 is 0 Å². The molecule has 0 saturated heterocycles. The lowest BCUT2D eigenvalue weighted by Crippen LogP contribution is -2.24. The van der Waals surface area contributed by atoms with E-state index in [0.29, 0.717) is 6.54 Å². The van der Waals surface area contributed by atoms with Crippen LogP contribution in [-0.4, -0.2) is 22.8 Å². The van der Waals surface area contributed by atoms with E-state index in [0.717, 1.165) is 5.69 Å². The summed E-state index contributed by atoms with van der Waals surface area (Å²) >= 11 is 1.52. The fraction of sp³-hybridized carbons (Fsp3) is 0.333. The summed E-state index contributed by atoms with van der Waals surface area (Å²) in [6.07, 6.45) is 0. The Morgan fingerprint density at radius 2 is 2.54 bits per heavy atom. The molecular formula is C9H10N2OS. The van der Waals surface area contributed by atoms with Crippen LogP contribution in [0.1, 0.15) is 12.6 Å². The van der Waals surface area contributed by atoms with Crippen molar-refractivity contribution in [2.24, 2.45) is 0 Å². The molecule has 68 valence electrons. The molecule has 0 aliphatic carbocycles. The lowest BCUT2D eigenvalue weighted by molar-refractivity contribution is -0.124. The molecule has 13 heavy (non-hydrogen) atoms. The Balaban J connectivity index is 2.54. The second-order valence-electron chi connectivity index (χ2n) is 2.52. The summed E-state index contributed by atoms with van der Waals surface area (Å²) < 4.78 is 0. The molecule has 0 aliphatic heterocycles. The quantitative estimate of drug-likeness (QED) is 0.661. The smallest absolute Gasteiger partial charge is 0.298 e. The molecule has 0 bridgehead atoms. The van der Waals surface area contributed by atoms with E-state index >= 15 is 0 Å². The van der Waals surface area contributed by atoms with Crippen LogP contribution in [0.3, 0.4) is 0 Å². The molecule has 0 unspecified atom stereocenters. The van der Waals surface area contributed by atoms with Gasteiger partial charge in [-0.2, -0.15) is 0 Å². The standard InChI is InChI=1S/C9H10N2OS/c1-3-4-9(12)11(2)5-8-6-13-7-10-8/h6-7H,5H2,1-2H3. The number of carbonyl (C=O) groups excluding carboxylic acids is 1. The van der Waals surface area contributed by atoms with Crippen molar-refractivity contribution in [1.82, 2.24) is 9.88 Å². The molecule has 0 spiro atoms. The maximum atomic E-state index is 11.2. The molecule has 1 amide bonds. The monoisotopic (exact) mass is 194 g/mol. The first-order valence-electron chi connectivity index (χ1n) is 3.79. The van der Waals surface area contributed by atoms with Crippen LogP contribution in [-0.2, 0) is 11.3 Å². The van der Waals surface area contributed by atoms with Gasteiger partial charge in [0.1, 0.15) is 0 Å². The van der Waals surface area contributed by atoms with Crippen LogP contribution < -0.4 is 0 Å². The Labute approximate surface area is 81.4 Å². The second kappa shape index (κ2) is 4.63.